The van der Waals surface area contributed by atoms with Crippen LogP contribution in [0.25, 0.3) is 0 Å². The van der Waals surface area contributed by atoms with Crippen molar-refractivity contribution < 1.29 is 9.53 Å². The van der Waals surface area contributed by atoms with E-state index in [9.17, 15) is 4.79 Å². The van der Waals surface area contributed by atoms with Crippen LogP contribution in [0.4, 0.5) is 4.79 Å². The summed E-state index contributed by atoms with van der Waals surface area (Å²) in [6, 6.07) is 8.00. The van der Waals surface area contributed by atoms with Crippen molar-refractivity contribution in [3.05, 3.63) is 35.4 Å². The average molecular weight is 220 g/mol. The molecule has 4 heteroatoms. The van der Waals surface area contributed by atoms with Gasteiger partial charge in [0.1, 0.15) is 0 Å². The highest BCUT2D eigenvalue weighted by Gasteiger charge is 1.97. The van der Waals surface area contributed by atoms with Crippen molar-refractivity contribution in [3.8, 4) is 0 Å². The summed E-state index contributed by atoms with van der Waals surface area (Å²) >= 11 is 0. The first-order valence-electron chi connectivity index (χ1n) is 5.10. The number of nitrogens with one attached hydrogen (secondary N) is 1. The average Bonchev–Trinajstić information content (AvgIpc) is 2.29. The van der Waals surface area contributed by atoms with Crippen molar-refractivity contribution in [1.29, 1.82) is 0 Å². The first-order chi connectivity index (χ1) is 7.63. The summed E-state index contributed by atoms with van der Waals surface area (Å²) in [5.74, 6) is 0.513. The standard InChI is InChI=1S/C12H16N2O2/c1-9(2)11-6-4-10(5-7-11)8-13-14-12(15)16-3/h4-9H,1-3H3,(H,14,15)/b13-8-. The van der Waals surface area contributed by atoms with Gasteiger partial charge in [-0.3, -0.25) is 0 Å². The van der Waals surface area contributed by atoms with Gasteiger partial charge in [0.15, 0.2) is 0 Å². The lowest BCUT2D eigenvalue weighted by Gasteiger charge is -2.04. The maximum absolute atomic E-state index is 10.7. The van der Waals surface area contributed by atoms with E-state index in [1.54, 1.807) is 6.21 Å². The molecule has 1 aromatic rings. The van der Waals surface area contributed by atoms with E-state index in [0.29, 0.717) is 5.92 Å². The van der Waals surface area contributed by atoms with Crippen LogP contribution in [0.15, 0.2) is 29.4 Å². The van der Waals surface area contributed by atoms with Gasteiger partial charge in [0, 0.05) is 0 Å². The molecule has 16 heavy (non-hydrogen) atoms. The second-order valence-electron chi connectivity index (χ2n) is 3.68. The lowest BCUT2D eigenvalue weighted by atomic mass is 10.0. The number of hydrogen-bond donors (Lipinski definition) is 1. The maximum atomic E-state index is 10.7. The number of rotatable bonds is 3. The maximum Gasteiger partial charge on any atom is 0.427 e. The summed E-state index contributed by atoms with van der Waals surface area (Å²) in [7, 11) is 1.29. The molecule has 0 aliphatic heterocycles. The Balaban J connectivity index is 2.58. The fourth-order valence-corrected chi connectivity index (χ4v) is 1.17. The minimum Gasteiger partial charge on any atom is -0.452 e. The quantitative estimate of drug-likeness (QED) is 0.628. The molecule has 0 atom stereocenters. The topological polar surface area (TPSA) is 50.7 Å². The zero-order valence-corrected chi connectivity index (χ0v) is 9.73. The number of carbonyl (C=O) groups is 1. The van der Waals surface area contributed by atoms with Crippen LogP contribution < -0.4 is 5.43 Å². The summed E-state index contributed by atoms with van der Waals surface area (Å²) in [5.41, 5.74) is 4.43. The molecule has 0 spiro atoms. The number of methoxy groups -OCH3 is 1. The van der Waals surface area contributed by atoms with Gasteiger partial charge >= 0.3 is 6.09 Å². The Bertz CT molecular complexity index is 369. The highest BCUT2D eigenvalue weighted by molar-refractivity contribution is 5.80. The lowest BCUT2D eigenvalue weighted by Crippen LogP contribution is -2.16. The minimum atomic E-state index is -0.574. The van der Waals surface area contributed by atoms with Crippen LogP contribution in [0.2, 0.25) is 0 Å². The van der Waals surface area contributed by atoms with Crippen molar-refractivity contribution in [2.45, 2.75) is 19.8 Å². The molecule has 0 fully saturated rings. The normalized spacial score (nSPS) is 10.8. The van der Waals surface area contributed by atoms with E-state index in [1.807, 2.05) is 24.3 Å². The van der Waals surface area contributed by atoms with Crippen molar-refractivity contribution in [2.24, 2.45) is 5.10 Å². The molecule has 1 amide bonds. The predicted octanol–water partition coefficient (Wildman–Crippen LogP) is 2.50. The molecule has 0 saturated heterocycles. The molecule has 0 aliphatic carbocycles. The number of amides is 1. The Labute approximate surface area is 95.3 Å². The van der Waals surface area contributed by atoms with Gasteiger partial charge in [-0.15, -0.1) is 0 Å². The smallest absolute Gasteiger partial charge is 0.427 e. The number of hydrazone groups is 1. The summed E-state index contributed by atoms with van der Waals surface area (Å²) in [6.07, 6.45) is 0.996. The van der Waals surface area contributed by atoms with Crippen LogP contribution in [0, 0.1) is 0 Å². The van der Waals surface area contributed by atoms with Gasteiger partial charge in [-0.05, 0) is 17.0 Å². The van der Waals surface area contributed by atoms with Crippen LogP contribution in [0.3, 0.4) is 0 Å². The summed E-state index contributed by atoms with van der Waals surface area (Å²) in [5, 5.41) is 3.74. The molecule has 0 saturated carbocycles. The van der Waals surface area contributed by atoms with E-state index < -0.39 is 6.09 Å². The summed E-state index contributed by atoms with van der Waals surface area (Å²) in [6.45, 7) is 4.28. The van der Waals surface area contributed by atoms with E-state index >= 15 is 0 Å². The monoisotopic (exact) mass is 220 g/mol. The molecule has 0 heterocycles. The van der Waals surface area contributed by atoms with Gasteiger partial charge in [-0.2, -0.15) is 5.10 Å². The van der Waals surface area contributed by atoms with E-state index in [4.69, 9.17) is 0 Å². The van der Waals surface area contributed by atoms with E-state index in [2.05, 4.69) is 29.1 Å². The van der Waals surface area contributed by atoms with E-state index in [1.165, 1.54) is 12.7 Å². The van der Waals surface area contributed by atoms with Gasteiger partial charge < -0.3 is 4.74 Å². The van der Waals surface area contributed by atoms with Gasteiger partial charge in [-0.25, -0.2) is 10.2 Å². The van der Waals surface area contributed by atoms with Crippen molar-refractivity contribution in [1.82, 2.24) is 5.43 Å². The van der Waals surface area contributed by atoms with Crippen LogP contribution in [0.5, 0.6) is 0 Å². The molecule has 0 radical (unpaired) electrons. The van der Waals surface area contributed by atoms with Crippen molar-refractivity contribution in [2.75, 3.05) is 7.11 Å². The Kier molecular flexibility index (Phi) is 4.51. The third-order valence-corrected chi connectivity index (χ3v) is 2.16. The minimum absolute atomic E-state index is 0.513. The largest absolute Gasteiger partial charge is 0.452 e. The summed E-state index contributed by atoms with van der Waals surface area (Å²) in [4.78, 5) is 10.7. The zero-order valence-electron chi connectivity index (χ0n) is 9.73. The first kappa shape index (κ1) is 12.2. The number of carbonyl (C=O) groups excluding carboxylic acids is 1. The van der Waals surface area contributed by atoms with Crippen LogP contribution in [0.1, 0.15) is 30.9 Å². The van der Waals surface area contributed by atoms with Crippen molar-refractivity contribution in [3.63, 3.8) is 0 Å². The summed E-state index contributed by atoms with van der Waals surface area (Å²) < 4.78 is 4.37. The molecular formula is C12H16N2O2. The molecule has 1 aromatic carbocycles. The third kappa shape index (κ3) is 3.73. The molecule has 0 unspecified atom stereocenters. The third-order valence-electron chi connectivity index (χ3n) is 2.16. The number of ether oxygens (including phenoxy) is 1. The first-order valence-corrected chi connectivity index (χ1v) is 5.10. The highest BCUT2D eigenvalue weighted by atomic mass is 16.5. The van der Waals surface area contributed by atoms with Crippen LogP contribution in [-0.4, -0.2) is 19.4 Å². The van der Waals surface area contributed by atoms with Crippen LogP contribution in [-0.2, 0) is 4.74 Å². The van der Waals surface area contributed by atoms with Crippen LogP contribution >= 0.6 is 0 Å². The van der Waals surface area contributed by atoms with E-state index in [0.717, 1.165) is 5.56 Å². The Morgan fingerprint density at radius 2 is 2.00 bits per heavy atom. The van der Waals surface area contributed by atoms with Crippen molar-refractivity contribution >= 4 is 12.3 Å². The highest BCUT2D eigenvalue weighted by Crippen LogP contribution is 2.13. The SMILES string of the molecule is COC(=O)N/N=C\c1ccc(C(C)C)cc1. The van der Waals surface area contributed by atoms with Gasteiger partial charge in [0.2, 0.25) is 0 Å². The fraction of sp³-hybridized carbons (Fsp3) is 0.333. The fourth-order valence-electron chi connectivity index (χ4n) is 1.17. The molecule has 0 bridgehead atoms. The Hall–Kier alpha value is -1.84. The molecule has 86 valence electrons. The predicted molar refractivity (Wildman–Crippen MR) is 63.7 cm³/mol. The zero-order chi connectivity index (χ0) is 12.0. The molecule has 0 aromatic heterocycles. The number of benzene rings is 1. The molecule has 1 rings (SSSR count). The van der Waals surface area contributed by atoms with E-state index in [-0.39, 0.29) is 0 Å². The second kappa shape index (κ2) is 5.90. The van der Waals surface area contributed by atoms with Gasteiger partial charge in [-0.1, -0.05) is 38.1 Å². The second-order valence-corrected chi connectivity index (χ2v) is 3.68. The van der Waals surface area contributed by atoms with Gasteiger partial charge in [0.25, 0.3) is 0 Å². The lowest BCUT2D eigenvalue weighted by molar-refractivity contribution is 0.171. The molecule has 4 nitrogen and oxygen atoms in total. The Morgan fingerprint density at radius 1 is 1.38 bits per heavy atom. The molecule has 0 aliphatic rings. The molecular weight excluding hydrogens is 204 g/mol. The molecule has 1 N–H and O–H groups in total. The Morgan fingerprint density at radius 3 is 2.50 bits per heavy atom. The van der Waals surface area contributed by atoms with Gasteiger partial charge in [0.05, 0.1) is 13.3 Å². The number of nitrogens with zero attached hydrogens (tertiary/aromatic N) is 1. The number of hydrogen-bond acceptors (Lipinski definition) is 3.